The van der Waals surface area contributed by atoms with Crippen molar-refractivity contribution in [1.82, 2.24) is 0 Å². The SMILES string of the molecule is COc1ccc(C)cc1/C(O)=C1\C(=O)C(=O)N(c2ccc(Cl)c(Cl)c2)C1c1ccc(F)cc1. The summed E-state index contributed by atoms with van der Waals surface area (Å²) in [6.45, 7) is 1.82. The van der Waals surface area contributed by atoms with E-state index in [9.17, 15) is 19.1 Å². The van der Waals surface area contributed by atoms with E-state index in [0.29, 0.717) is 17.0 Å². The predicted octanol–water partition coefficient (Wildman–Crippen LogP) is 6.08. The molecular formula is C25H18Cl2FNO4. The highest BCUT2D eigenvalue weighted by atomic mass is 35.5. The Labute approximate surface area is 199 Å². The van der Waals surface area contributed by atoms with Gasteiger partial charge < -0.3 is 9.84 Å². The van der Waals surface area contributed by atoms with Crippen molar-refractivity contribution in [3.05, 3.63) is 98.8 Å². The number of aryl methyl sites for hydroxylation is 1. The van der Waals surface area contributed by atoms with Crippen molar-refractivity contribution in [2.75, 3.05) is 12.0 Å². The molecule has 0 bridgehead atoms. The second-order valence-electron chi connectivity index (χ2n) is 7.52. The number of ketones is 1. The van der Waals surface area contributed by atoms with Crippen LogP contribution in [0.25, 0.3) is 5.76 Å². The summed E-state index contributed by atoms with van der Waals surface area (Å²) in [6, 6.07) is 13.9. The molecule has 5 nitrogen and oxygen atoms in total. The smallest absolute Gasteiger partial charge is 0.300 e. The fourth-order valence-corrected chi connectivity index (χ4v) is 4.14. The quantitative estimate of drug-likeness (QED) is 0.276. The summed E-state index contributed by atoms with van der Waals surface area (Å²) in [5, 5.41) is 11.7. The Morgan fingerprint density at radius 2 is 1.70 bits per heavy atom. The van der Waals surface area contributed by atoms with Gasteiger partial charge in [-0.25, -0.2) is 4.39 Å². The number of ether oxygens (including phenoxy) is 1. The number of aliphatic hydroxyl groups excluding tert-OH is 1. The largest absolute Gasteiger partial charge is 0.507 e. The fraction of sp³-hybridized carbons (Fsp3) is 0.120. The molecule has 3 aromatic carbocycles. The van der Waals surface area contributed by atoms with Crippen molar-refractivity contribution < 1.29 is 23.8 Å². The van der Waals surface area contributed by atoms with E-state index >= 15 is 0 Å². The van der Waals surface area contributed by atoms with E-state index in [4.69, 9.17) is 27.9 Å². The third-order valence-corrected chi connectivity index (χ3v) is 6.16. The highest BCUT2D eigenvalue weighted by Crippen LogP contribution is 2.44. The van der Waals surface area contributed by atoms with Crippen LogP contribution in [0.2, 0.25) is 10.0 Å². The van der Waals surface area contributed by atoms with Crippen LogP contribution in [0, 0.1) is 12.7 Å². The molecule has 0 radical (unpaired) electrons. The van der Waals surface area contributed by atoms with Crippen LogP contribution in [0.3, 0.4) is 0 Å². The summed E-state index contributed by atoms with van der Waals surface area (Å²) >= 11 is 12.2. The highest BCUT2D eigenvalue weighted by Gasteiger charge is 2.47. The molecule has 33 heavy (non-hydrogen) atoms. The Kier molecular flexibility index (Phi) is 6.15. The minimum absolute atomic E-state index is 0.151. The molecule has 0 saturated carbocycles. The molecule has 3 aromatic rings. The van der Waals surface area contributed by atoms with Gasteiger partial charge >= 0.3 is 0 Å². The molecule has 1 fully saturated rings. The Bertz CT molecular complexity index is 1300. The van der Waals surface area contributed by atoms with E-state index in [1.807, 2.05) is 6.92 Å². The summed E-state index contributed by atoms with van der Waals surface area (Å²) in [5.74, 6) is -2.31. The number of hydrogen-bond donors (Lipinski definition) is 1. The Morgan fingerprint density at radius 1 is 1.00 bits per heavy atom. The molecule has 1 atom stereocenters. The van der Waals surface area contributed by atoms with Gasteiger partial charge in [-0.1, -0.05) is 47.0 Å². The summed E-state index contributed by atoms with van der Waals surface area (Å²) in [4.78, 5) is 27.6. The number of Topliss-reactive ketones (excluding diaryl/α,β-unsaturated/α-hetero) is 1. The number of anilines is 1. The zero-order valence-electron chi connectivity index (χ0n) is 17.6. The van der Waals surface area contributed by atoms with Crippen LogP contribution in [-0.2, 0) is 9.59 Å². The van der Waals surface area contributed by atoms with Crippen LogP contribution in [0.1, 0.15) is 22.7 Å². The first-order valence-corrected chi connectivity index (χ1v) is 10.6. The van der Waals surface area contributed by atoms with Crippen molar-refractivity contribution in [2.45, 2.75) is 13.0 Å². The lowest BCUT2D eigenvalue weighted by Crippen LogP contribution is -2.29. The second-order valence-corrected chi connectivity index (χ2v) is 8.34. The summed E-state index contributed by atoms with van der Waals surface area (Å²) in [6.07, 6.45) is 0. The third kappa shape index (κ3) is 4.08. The van der Waals surface area contributed by atoms with Gasteiger partial charge in [-0.05, 0) is 55.0 Å². The van der Waals surface area contributed by atoms with Crippen LogP contribution >= 0.6 is 23.2 Å². The maximum Gasteiger partial charge on any atom is 0.300 e. The van der Waals surface area contributed by atoms with Gasteiger partial charge in [0.15, 0.2) is 0 Å². The van der Waals surface area contributed by atoms with Crippen molar-refractivity contribution in [2.24, 2.45) is 0 Å². The molecule has 1 amide bonds. The summed E-state index contributed by atoms with van der Waals surface area (Å²) < 4.78 is 19.0. The average Bonchev–Trinajstić information content (AvgIpc) is 3.06. The van der Waals surface area contributed by atoms with Crippen LogP contribution in [0.4, 0.5) is 10.1 Å². The van der Waals surface area contributed by atoms with Gasteiger partial charge in [0.2, 0.25) is 0 Å². The zero-order chi connectivity index (χ0) is 23.9. The fourth-order valence-electron chi connectivity index (χ4n) is 3.85. The van der Waals surface area contributed by atoms with Gasteiger partial charge in [0.25, 0.3) is 11.7 Å². The number of carbonyl (C=O) groups is 2. The maximum absolute atomic E-state index is 13.7. The number of carbonyl (C=O) groups excluding carboxylic acids is 2. The molecule has 0 spiro atoms. The number of benzene rings is 3. The van der Waals surface area contributed by atoms with Gasteiger partial charge in [-0.2, -0.15) is 0 Å². The number of nitrogens with zero attached hydrogens (tertiary/aromatic N) is 1. The van der Waals surface area contributed by atoms with Gasteiger partial charge in [0.1, 0.15) is 17.3 Å². The van der Waals surface area contributed by atoms with Crippen molar-refractivity contribution >= 4 is 46.3 Å². The molecule has 1 saturated heterocycles. The van der Waals surface area contributed by atoms with E-state index in [0.717, 1.165) is 5.56 Å². The minimum Gasteiger partial charge on any atom is -0.507 e. The Morgan fingerprint density at radius 3 is 2.33 bits per heavy atom. The van der Waals surface area contributed by atoms with E-state index < -0.39 is 29.3 Å². The lowest BCUT2D eigenvalue weighted by atomic mass is 9.94. The molecule has 8 heteroatoms. The lowest BCUT2D eigenvalue weighted by molar-refractivity contribution is -0.132. The number of methoxy groups -OCH3 is 1. The average molecular weight is 486 g/mol. The monoisotopic (exact) mass is 485 g/mol. The zero-order valence-corrected chi connectivity index (χ0v) is 19.1. The van der Waals surface area contributed by atoms with Crippen LogP contribution < -0.4 is 9.64 Å². The number of aliphatic hydroxyl groups is 1. The first-order chi connectivity index (χ1) is 15.7. The molecule has 1 aliphatic heterocycles. The standard InChI is InChI=1S/C25H18Cl2FNO4/c1-13-3-10-20(33-2)17(11-13)23(30)21-22(14-4-6-15(28)7-5-14)29(25(32)24(21)31)16-8-9-18(26)19(27)12-16/h3-12,22,30H,1-2H3/b23-21+. The molecule has 0 aliphatic carbocycles. The first kappa shape index (κ1) is 22.8. The van der Waals surface area contributed by atoms with Gasteiger partial charge in [-0.3, -0.25) is 14.5 Å². The van der Waals surface area contributed by atoms with E-state index in [1.165, 1.54) is 48.4 Å². The molecule has 1 aliphatic rings. The maximum atomic E-state index is 13.7. The Hall–Kier alpha value is -3.35. The summed E-state index contributed by atoms with van der Waals surface area (Å²) in [5.41, 5.74) is 1.65. The normalized spacial score (nSPS) is 17.5. The van der Waals surface area contributed by atoms with Crippen LogP contribution in [0.15, 0.2) is 66.2 Å². The van der Waals surface area contributed by atoms with Crippen molar-refractivity contribution in [1.29, 1.82) is 0 Å². The second kappa shape index (κ2) is 8.89. The van der Waals surface area contributed by atoms with Crippen molar-refractivity contribution in [3.63, 3.8) is 0 Å². The predicted molar refractivity (Wildman–Crippen MR) is 125 cm³/mol. The van der Waals surface area contributed by atoms with Gasteiger partial charge in [0, 0.05) is 5.69 Å². The molecular weight excluding hydrogens is 468 g/mol. The van der Waals surface area contributed by atoms with Gasteiger partial charge in [-0.15, -0.1) is 0 Å². The molecule has 4 rings (SSSR count). The Balaban J connectivity index is 1.99. The first-order valence-electron chi connectivity index (χ1n) is 9.89. The number of halogens is 3. The topological polar surface area (TPSA) is 66.8 Å². The van der Waals surface area contributed by atoms with Crippen molar-refractivity contribution in [3.8, 4) is 5.75 Å². The van der Waals surface area contributed by atoms with Gasteiger partial charge in [0.05, 0.1) is 34.3 Å². The molecule has 1 unspecified atom stereocenters. The van der Waals surface area contributed by atoms with Crippen LogP contribution in [0.5, 0.6) is 5.75 Å². The summed E-state index contributed by atoms with van der Waals surface area (Å²) in [7, 11) is 1.44. The highest BCUT2D eigenvalue weighted by molar-refractivity contribution is 6.52. The molecule has 0 aromatic heterocycles. The van der Waals surface area contributed by atoms with E-state index in [2.05, 4.69) is 0 Å². The van der Waals surface area contributed by atoms with Crippen LogP contribution in [-0.4, -0.2) is 23.9 Å². The molecule has 1 heterocycles. The minimum atomic E-state index is -1.03. The van der Waals surface area contributed by atoms with E-state index in [1.54, 1.807) is 24.3 Å². The molecule has 168 valence electrons. The molecule has 1 N–H and O–H groups in total. The van der Waals surface area contributed by atoms with E-state index in [-0.39, 0.29) is 21.2 Å². The lowest BCUT2D eigenvalue weighted by Gasteiger charge is -2.26. The number of rotatable bonds is 4. The number of hydrogen-bond acceptors (Lipinski definition) is 4. The third-order valence-electron chi connectivity index (χ3n) is 5.42. The number of amides is 1.